The number of carbonyl (C=O) groups excluding carboxylic acids is 1. The van der Waals surface area contributed by atoms with Crippen LogP contribution in [0.5, 0.6) is 17.2 Å². The highest BCUT2D eigenvalue weighted by molar-refractivity contribution is 5.77. The van der Waals surface area contributed by atoms with Crippen molar-refractivity contribution in [1.29, 1.82) is 0 Å². The van der Waals surface area contributed by atoms with Crippen molar-refractivity contribution in [1.82, 2.24) is 4.90 Å². The molecule has 0 aliphatic carbocycles. The minimum absolute atomic E-state index is 0.267. The Labute approximate surface area is 112 Å². The number of rotatable bonds is 5. The van der Waals surface area contributed by atoms with Gasteiger partial charge in [0.2, 0.25) is 12.7 Å². The zero-order valence-electron chi connectivity index (χ0n) is 10.8. The van der Waals surface area contributed by atoms with Gasteiger partial charge in [0.05, 0.1) is 6.61 Å². The lowest BCUT2D eigenvalue weighted by atomic mass is 10.3. The molecule has 5 heteroatoms. The second-order valence-corrected chi connectivity index (χ2v) is 4.70. The number of nitrogens with zero attached hydrogens (tertiary/aromatic N) is 1. The molecule has 0 unspecified atom stereocenters. The molecule has 2 aliphatic rings. The number of fused-ring (bicyclic) bond motifs is 1. The first-order valence-electron chi connectivity index (χ1n) is 6.63. The fourth-order valence-electron chi connectivity index (χ4n) is 2.35. The van der Waals surface area contributed by atoms with Gasteiger partial charge < -0.3 is 19.1 Å². The Balaban J connectivity index is 1.43. The van der Waals surface area contributed by atoms with Crippen molar-refractivity contribution in [2.75, 3.05) is 26.5 Å². The van der Waals surface area contributed by atoms with E-state index in [-0.39, 0.29) is 12.7 Å². The molecular formula is C14H17NO4. The van der Waals surface area contributed by atoms with Gasteiger partial charge in [-0.15, -0.1) is 0 Å². The molecule has 3 rings (SSSR count). The maximum Gasteiger partial charge on any atom is 0.231 e. The largest absolute Gasteiger partial charge is 0.493 e. The third-order valence-electron chi connectivity index (χ3n) is 3.36. The lowest BCUT2D eigenvalue weighted by Gasteiger charge is -2.15. The second kappa shape index (κ2) is 5.38. The van der Waals surface area contributed by atoms with Gasteiger partial charge in [-0.2, -0.15) is 0 Å². The van der Waals surface area contributed by atoms with E-state index >= 15 is 0 Å². The lowest BCUT2D eigenvalue weighted by molar-refractivity contribution is -0.127. The van der Waals surface area contributed by atoms with Gasteiger partial charge in [-0.1, -0.05) is 0 Å². The molecule has 0 bridgehead atoms. The normalized spacial score (nSPS) is 17.1. The summed E-state index contributed by atoms with van der Waals surface area (Å²) in [6.45, 7) is 2.55. The third-order valence-corrected chi connectivity index (χ3v) is 3.36. The summed E-state index contributed by atoms with van der Waals surface area (Å²) in [4.78, 5) is 13.3. The zero-order valence-corrected chi connectivity index (χ0v) is 10.8. The van der Waals surface area contributed by atoms with Gasteiger partial charge in [-0.3, -0.25) is 4.79 Å². The molecule has 0 atom stereocenters. The van der Waals surface area contributed by atoms with Gasteiger partial charge in [-0.05, 0) is 25.0 Å². The van der Waals surface area contributed by atoms with Crippen LogP contribution in [0.1, 0.15) is 19.3 Å². The first-order valence-corrected chi connectivity index (χ1v) is 6.63. The number of benzene rings is 1. The molecule has 1 amide bonds. The maximum absolute atomic E-state index is 11.4. The molecule has 1 fully saturated rings. The predicted molar refractivity (Wildman–Crippen MR) is 68.5 cm³/mol. The van der Waals surface area contributed by atoms with E-state index in [9.17, 15) is 4.79 Å². The highest BCUT2D eigenvalue weighted by Crippen LogP contribution is 2.35. The van der Waals surface area contributed by atoms with Gasteiger partial charge in [-0.25, -0.2) is 0 Å². The first-order chi connectivity index (χ1) is 9.33. The Kier molecular flexibility index (Phi) is 3.44. The summed E-state index contributed by atoms with van der Waals surface area (Å²) in [5.74, 6) is 2.53. The molecule has 5 nitrogen and oxygen atoms in total. The molecule has 0 spiro atoms. The third kappa shape index (κ3) is 2.75. The van der Waals surface area contributed by atoms with Crippen LogP contribution in [0.15, 0.2) is 18.2 Å². The standard InChI is InChI=1S/C14H17NO4/c16-14-3-1-6-15(14)7-2-8-17-11-4-5-12-13(9-11)19-10-18-12/h4-5,9H,1-3,6-8,10H2. The van der Waals surface area contributed by atoms with E-state index in [1.165, 1.54) is 0 Å². The zero-order chi connectivity index (χ0) is 13.1. The van der Waals surface area contributed by atoms with Crippen LogP contribution in [0.2, 0.25) is 0 Å². The summed E-state index contributed by atoms with van der Waals surface area (Å²) in [6, 6.07) is 5.56. The first kappa shape index (κ1) is 12.1. The van der Waals surface area contributed by atoms with Crippen LogP contribution >= 0.6 is 0 Å². The average molecular weight is 263 g/mol. The summed E-state index contributed by atoms with van der Waals surface area (Å²) in [5, 5.41) is 0. The summed E-state index contributed by atoms with van der Waals surface area (Å²) in [5.41, 5.74) is 0. The number of ether oxygens (including phenoxy) is 3. The summed E-state index contributed by atoms with van der Waals surface area (Å²) >= 11 is 0. The van der Waals surface area contributed by atoms with Gasteiger partial charge in [0.15, 0.2) is 11.5 Å². The van der Waals surface area contributed by atoms with Crippen molar-refractivity contribution in [2.24, 2.45) is 0 Å². The van der Waals surface area contributed by atoms with E-state index in [0.717, 1.165) is 43.2 Å². The van der Waals surface area contributed by atoms with E-state index in [0.29, 0.717) is 13.0 Å². The SMILES string of the molecule is O=C1CCCN1CCCOc1ccc2c(c1)OCO2. The van der Waals surface area contributed by atoms with Crippen LogP contribution in [0, 0.1) is 0 Å². The van der Waals surface area contributed by atoms with Crippen molar-refractivity contribution in [3.05, 3.63) is 18.2 Å². The van der Waals surface area contributed by atoms with Gasteiger partial charge in [0.1, 0.15) is 5.75 Å². The average Bonchev–Trinajstić information content (AvgIpc) is 3.03. The molecule has 102 valence electrons. The Hall–Kier alpha value is -1.91. The van der Waals surface area contributed by atoms with E-state index in [1.807, 2.05) is 23.1 Å². The molecule has 1 aromatic rings. The molecule has 0 aromatic heterocycles. The quantitative estimate of drug-likeness (QED) is 0.760. The summed E-state index contributed by atoms with van der Waals surface area (Å²) < 4.78 is 16.2. The number of amides is 1. The molecule has 0 saturated carbocycles. The van der Waals surface area contributed by atoms with Crippen LogP contribution in [0.4, 0.5) is 0 Å². The van der Waals surface area contributed by atoms with Gasteiger partial charge in [0.25, 0.3) is 0 Å². The van der Waals surface area contributed by atoms with Crippen molar-refractivity contribution in [3.8, 4) is 17.2 Å². The monoisotopic (exact) mass is 263 g/mol. The van der Waals surface area contributed by atoms with E-state index in [2.05, 4.69) is 0 Å². The van der Waals surface area contributed by atoms with Gasteiger partial charge in [0, 0.05) is 25.6 Å². The van der Waals surface area contributed by atoms with E-state index in [1.54, 1.807) is 0 Å². The summed E-state index contributed by atoms with van der Waals surface area (Å²) in [6.07, 6.45) is 2.53. The Bertz CT molecular complexity index is 475. The molecule has 2 aliphatic heterocycles. The maximum atomic E-state index is 11.4. The topological polar surface area (TPSA) is 48.0 Å². The highest BCUT2D eigenvalue weighted by Gasteiger charge is 2.19. The molecule has 0 radical (unpaired) electrons. The number of carbonyl (C=O) groups is 1. The number of hydrogen-bond donors (Lipinski definition) is 0. The molecule has 19 heavy (non-hydrogen) atoms. The van der Waals surface area contributed by atoms with Crippen LogP contribution in [0.3, 0.4) is 0 Å². The molecule has 1 aromatic carbocycles. The van der Waals surface area contributed by atoms with E-state index < -0.39 is 0 Å². The van der Waals surface area contributed by atoms with Crippen LogP contribution in [-0.4, -0.2) is 37.3 Å². The molecule has 2 heterocycles. The fraction of sp³-hybridized carbons (Fsp3) is 0.500. The number of hydrogen-bond acceptors (Lipinski definition) is 4. The van der Waals surface area contributed by atoms with Crippen LogP contribution in [-0.2, 0) is 4.79 Å². The van der Waals surface area contributed by atoms with Gasteiger partial charge >= 0.3 is 0 Å². The lowest BCUT2D eigenvalue weighted by Crippen LogP contribution is -2.26. The number of likely N-dealkylation sites (tertiary alicyclic amines) is 1. The fourth-order valence-corrected chi connectivity index (χ4v) is 2.35. The highest BCUT2D eigenvalue weighted by atomic mass is 16.7. The van der Waals surface area contributed by atoms with Crippen molar-refractivity contribution < 1.29 is 19.0 Å². The molecular weight excluding hydrogens is 246 g/mol. The Morgan fingerprint density at radius 1 is 1.26 bits per heavy atom. The smallest absolute Gasteiger partial charge is 0.231 e. The van der Waals surface area contributed by atoms with Crippen molar-refractivity contribution >= 4 is 5.91 Å². The second-order valence-electron chi connectivity index (χ2n) is 4.70. The summed E-state index contributed by atoms with van der Waals surface area (Å²) in [7, 11) is 0. The minimum Gasteiger partial charge on any atom is -0.493 e. The minimum atomic E-state index is 0.267. The predicted octanol–water partition coefficient (Wildman–Crippen LogP) is 1.81. The molecule has 0 N–H and O–H groups in total. The van der Waals surface area contributed by atoms with Crippen molar-refractivity contribution in [3.63, 3.8) is 0 Å². The van der Waals surface area contributed by atoms with Crippen LogP contribution in [0.25, 0.3) is 0 Å². The van der Waals surface area contributed by atoms with Crippen molar-refractivity contribution in [2.45, 2.75) is 19.3 Å². The molecule has 1 saturated heterocycles. The van der Waals surface area contributed by atoms with Crippen LogP contribution < -0.4 is 14.2 Å². The Morgan fingerprint density at radius 2 is 2.16 bits per heavy atom. The van der Waals surface area contributed by atoms with E-state index in [4.69, 9.17) is 14.2 Å². The Morgan fingerprint density at radius 3 is 3.00 bits per heavy atom.